The number of carbonyl (C=O) groups is 1. The Labute approximate surface area is 158 Å². The molecule has 0 saturated heterocycles. The summed E-state index contributed by atoms with van der Waals surface area (Å²) in [5, 5.41) is 2.81. The second-order valence-corrected chi connectivity index (χ2v) is 6.75. The Balaban J connectivity index is 2.52. The van der Waals surface area contributed by atoms with Gasteiger partial charge in [-0.3, -0.25) is 14.8 Å². The molecular weight excluding hydrogens is 348 g/mol. The summed E-state index contributed by atoms with van der Waals surface area (Å²) in [4.78, 5) is 22.5. The number of nitrogens with zero attached hydrogens (tertiary/aromatic N) is 3. The molecule has 2 rings (SSSR count). The smallest absolute Gasteiger partial charge is 0.217 e. The fourth-order valence-corrected chi connectivity index (χ4v) is 3.68. The van der Waals surface area contributed by atoms with Crippen LogP contribution in [0.4, 0.5) is 0 Å². The normalized spacial score (nSPS) is 14.8. The van der Waals surface area contributed by atoms with E-state index in [4.69, 9.17) is 4.74 Å². The van der Waals surface area contributed by atoms with Crippen molar-refractivity contribution in [2.75, 3.05) is 26.6 Å². The molecule has 0 spiro atoms. The zero-order valence-corrected chi connectivity index (χ0v) is 16.4. The van der Waals surface area contributed by atoms with Crippen molar-refractivity contribution >= 4 is 30.0 Å². The van der Waals surface area contributed by atoms with E-state index in [1.807, 2.05) is 50.3 Å². The SMILES string of the molecule is C=NC1=C(SCNC(C)=O)C(N(C)C)=C(/C(=C/C)c2cccnc2)OC1. The molecule has 1 amide bonds. The number of hydrogen-bond donors (Lipinski definition) is 1. The fraction of sp³-hybridized carbons (Fsp3) is 0.316. The lowest BCUT2D eigenvalue weighted by atomic mass is 10.0. The predicted molar refractivity (Wildman–Crippen MR) is 107 cm³/mol. The van der Waals surface area contributed by atoms with E-state index < -0.39 is 0 Å². The molecule has 0 aliphatic carbocycles. The number of hydrogen-bond acceptors (Lipinski definition) is 6. The molecule has 0 saturated carbocycles. The van der Waals surface area contributed by atoms with E-state index in [0.29, 0.717) is 12.5 Å². The van der Waals surface area contributed by atoms with Gasteiger partial charge < -0.3 is 15.0 Å². The van der Waals surface area contributed by atoms with Crippen LogP contribution < -0.4 is 5.32 Å². The number of nitrogens with one attached hydrogen (secondary N) is 1. The van der Waals surface area contributed by atoms with Crippen LogP contribution in [0.15, 0.2) is 57.7 Å². The average molecular weight is 372 g/mol. The van der Waals surface area contributed by atoms with Crippen LogP contribution in [0.25, 0.3) is 5.57 Å². The van der Waals surface area contributed by atoms with Gasteiger partial charge >= 0.3 is 0 Å². The van der Waals surface area contributed by atoms with Gasteiger partial charge in [0, 0.05) is 44.5 Å². The summed E-state index contributed by atoms with van der Waals surface area (Å²) in [6.07, 6.45) is 5.57. The van der Waals surface area contributed by atoms with Crippen molar-refractivity contribution in [1.82, 2.24) is 15.2 Å². The van der Waals surface area contributed by atoms with Crippen LogP contribution in [0, 0.1) is 0 Å². The number of amides is 1. The van der Waals surface area contributed by atoms with Crippen LogP contribution in [0.5, 0.6) is 0 Å². The molecule has 0 fully saturated rings. The molecule has 0 unspecified atom stereocenters. The van der Waals surface area contributed by atoms with Crippen LogP contribution in [0.3, 0.4) is 0 Å². The molecule has 1 aromatic heterocycles. The van der Waals surface area contributed by atoms with E-state index in [2.05, 4.69) is 22.0 Å². The van der Waals surface area contributed by atoms with Crippen molar-refractivity contribution in [3.63, 3.8) is 0 Å². The fourth-order valence-electron chi connectivity index (χ4n) is 2.56. The molecule has 6 nitrogen and oxygen atoms in total. The number of allylic oxidation sites excluding steroid dienone is 2. The number of ether oxygens (including phenoxy) is 1. The molecule has 0 radical (unpaired) electrons. The summed E-state index contributed by atoms with van der Waals surface area (Å²) >= 11 is 1.51. The molecule has 1 aliphatic heterocycles. The van der Waals surface area contributed by atoms with E-state index in [1.54, 1.807) is 6.20 Å². The molecule has 1 aromatic rings. The van der Waals surface area contributed by atoms with Crippen molar-refractivity contribution in [2.45, 2.75) is 13.8 Å². The summed E-state index contributed by atoms with van der Waals surface area (Å²) in [6.45, 7) is 7.47. The molecule has 0 atom stereocenters. The molecule has 7 heteroatoms. The number of likely N-dealkylation sites (N-methyl/N-ethyl adjacent to an activating group) is 1. The van der Waals surface area contributed by atoms with Crippen LogP contribution in [0.1, 0.15) is 19.4 Å². The maximum Gasteiger partial charge on any atom is 0.217 e. The number of pyridine rings is 1. The maximum absolute atomic E-state index is 11.2. The van der Waals surface area contributed by atoms with Crippen LogP contribution in [0.2, 0.25) is 0 Å². The maximum atomic E-state index is 11.2. The van der Waals surface area contributed by atoms with Gasteiger partial charge in [0.2, 0.25) is 5.91 Å². The van der Waals surface area contributed by atoms with Gasteiger partial charge in [0.05, 0.1) is 22.2 Å². The molecule has 26 heavy (non-hydrogen) atoms. The highest BCUT2D eigenvalue weighted by molar-refractivity contribution is 8.03. The van der Waals surface area contributed by atoms with E-state index in [0.717, 1.165) is 33.2 Å². The van der Waals surface area contributed by atoms with Crippen molar-refractivity contribution in [1.29, 1.82) is 0 Å². The number of thioether (sulfide) groups is 1. The molecule has 0 bridgehead atoms. The van der Waals surface area contributed by atoms with E-state index >= 15 is 0 Å². The highest BCUT2D eigenvalue weighted by atomic mass is 32.2. The first kappa shape index (κ1) is 19.8. The predicted octanol–water partition coefficient (Wildman–Crippen LogP) is 3.03. The van der Waals surface area contributed by atoms with Crippen molar-refractivity contribution < 1.29 is 9.53 Å². The van der Waals surface area contributed by atoms with E-state index in [-0.39, 0.29) is 5.91 Å². The third-order valence-electron chi connectivity index (χ3n) is 3.73. The molecule has 0 aromatic carbocycles. The Morgan fingerprint density at radius 2 is 2.31 bits per heavy atom. The Bertz CT molecular complexity index is 767. The van der Waals surface area contributed by atoms with Gasteiger partial charge in [-0.05, 0) is 19.7 Å². The third kappa shape index (κ3) is 4.54. The lowest BCUT2D eigenvalue weighted by Crippen LogP contribution is -2.24. The standard InChI is InChI=1S/C19H24N4O2S/c1-6-15(14-8-7-9-21-10-14)18-17(23(4)5)19(16(20-3)11-25-18)26-12-22-13(2)24/h6-10H,3,11-12H2,1-2,4-5H3,(H,22,24)/b15-6+. The van der Waals surface area contributed by atoms with Crippen molar-refractivity contribution in [3.8, 4) is 0 Å². The molecule has 1 aliphatic rings. The summed E-state index contributed by atoms with van der Waals surface area (Å²) in [5.74, 6) is 1.15. The van der Waals surface area contributed by atoms with Crippen molar-refractivity contribution in [3.05, 3.63) is 58.2 Å². The third-order valence-corrected chi connectivity index (χ3v) is 4.73. The minimum atomic E-state index is -0.0709. The quantitative estimate of drug-likeness (QED) is 0.589. The van der Waals surface area contributed by atoms with Crippen LogP contribution in [-0.4, -0.2) is 49.1 Å². The topological polar surface area (TPSA) is 66.8 Å². The second-order valence-electron chi connectivity index (χ2n) is 5.76. The van der Waals surface area contributed by atoms with Gasteiger partial charge in [-0.1, -0.05) is 12.1 Å². The molecule has 138 valence electrons. The van der Waals surface area contributed by atoms with Crippen LogP contribution in [-0.2, 0) is 9.53 Å². The van der Waals surface area contributed by atoms with E-state index in [1.165, 1.54) is 18.7 Å². The highest BCUT2D eigenvalue weighted by Gasteiger charge is 2.27. The summed E-state index contributed by atoms with van der Waals surface area (Å²) in [7, 11) is 3.92. The van der Waals surface area contributed by atoms with Gasteiger partial charge in [0.1, 0.15) is 6.61 Å². The second kappa shape index (κ2) is 9.24. The van der Waals surface area contributed by atoms with Gasteiger partial charge in [0.15, 0.2) is 5.76 Å². The number of rotatable bonds is 7. The number of carbonyl (C=O) groups excluding carboxylic acids is 1. The van der Waals surface area contributed by atoms with Crippen LogP contribution >= 0.6 is 11.8 Å². The van der Waals surface area contributed by atoms with Gasteiger partial charge in [-0.2, -0.15) is 0 Å². The van der Waals surface area contributed by atoms with Gasteiger partial charge in [-0.15, -0.1) is 11.8 Å². The van der Waals surface area contributed by atoms with Gasteiger partial charge in [0.25, 0.3) is 0 Å². The Morgan fingerprint density at radius 3 is 2.85 bits per heavy atom. The first-order valence-electron chi connectivity index (χ1n) is 8.18. The first-order chi connectivity index (χ1) is 12.5. The Kier molecular flexibility index (Phi) is 7.03. The summed E-state index contributed by atoms with van der Waals surface area (Å²) in [5.41, 5.74) is 3.61. The molecule has 2 heterocycles. The zero-order valence-electron chi connectivity index (χ0n) is 15.6. The summed E-state index contributed by atoms with van der Waals surface area (Å²) < 4.78 is 6.07. The minimum Gasteiger partial charge on any atom is -0.484 e. The minimum absolute atomic E-state index is 0.0709. The lowest BCUT2D eigenvalue weighted by Gasteiger charge is -2.30. The number of aromatic nitrogens is 1. The zero-order chi connectivity index (χ0) is 19.1. The Hall–Kier alpha value is -2.54. The summed E-state index contributed by atoms with van der Waals surface area (Å²) in [6, 6.07) is 3.90. The Morgan fingerprint density at radius 1 is 1.54 bits per heavy atom. The van der Waals surface area contributed by atoms with Crippen molar-refractivity contribution in [2.24, 2.45) is 4.99 Å². The highest BCUT2D eigenvalue weighted by Crippen LogP contribution is 2.39. The average Bonchev–Trinajstić information content (AvgIpc) is 2.62. The first-order valence-corrected chi connectivity index (χ1v) is 9.17. The monoisotopic (exact) mass is 372 g/mol. The van der Waals surface area contributed by atoms with Gasteiger partial charge in [-0.25, -0.2) is 0 Å². The number of aliphatic imine (C=N–C) groups is 1. The molecule has 1 N–H and O–H groups in total. The lowest BCUT2D eigenvalue weighted by molar-refractivity contribution is -0.118. The molecular formula is C19H24N4O2S. The largest absolute Gasteiger partial charge is 0.484 e. The van der Waals surface area contributed by atoms with E-state index in [9.17, 15) is 4.79 Å².